The van der Waals surface area contributed by atoms with Crippen molar-refractivity contribution < 1.29 is 23.8 Å². The lowest BCUT2D eigenvalue weighted by Crippen LogP contribution is -2.21. The van der Waals surface area contributed by atoms with Gasteiger partial charge >= 0.3 is 5.97 Å². The molecular weight excluding hydrogens is 441 g/mol. The molecule has 0 heterocycles. The third-order valence-electron chi connectivity index (χ3n) is 4.18. The van der Waals surface area contributed by atoms with Crippen LogP contribution in [0.15, 0.2) is 66.7 Å². The van der Waals surface area contributed by atoms with Crippen LogP contribution in [0.4, 0.5) is 5.69 Å². The van der Waals surface area contributed by atoms with Crippen molar-refractivity contribution in [2.75, 3.05) is 19.0 Å². The van der Waals surface area contributed by atoms with Gasteiger partial charge in [0, 0.05) is 10.0 Å². The van der Waals surface area contributed by atoms with Gasteiger partial charge in [-0.2, -0.15) is 0 Å². The molecule has 3 rings (SSSR count). The molecule has 1 N–H and O–H groups in total. The number of carbonyl (C=O) groups is 2. The Kier molecular flexibility index (Phi) is 7.76. The van der Waals surface area contributed by atoms with Crippen LogP contribution in [0.3, 0.4) is 0 Å². The molecule has 0 aliphatic rings. The number of rotatable bonds is 8. The Bertz CT molecular complexity index is 1050. The Labute approximate surface area is 189 Å². The Hall–Kier alpha value is -3.22. The molecule has 1 amide bonds. The molecule has 3 aromatic carbocycles. The number of nitrogens with one attached hydrogen (secondary N) is 1. The minimum atomic E-state index is -0.613. The van der Waals surface area contributed by atoms with Crippen LogP contribution in [0, 0.1) is 0 Å². The third kappa shape index (κ3) is 6.64. The molecule has 0 aromatic heterocycles. The Balaban J connectivity index is 1.49. The first-order valence-electron chi connectivity index (χ1n) is 9.22. The maximum absolute atomic E-state index is 12.2. The summed E-state index contributed by atoms with van der Waals surface area (Å²) in [5, 5.41) is 3.68. The van der Waals surface area contributed by atoms with Crippen LogP contribution in [-0.2, 0) is 16.1 Å². The summed E-state index contributed by atoms with van der Waals surface area (Å²) in [6, 6.07) is 18.6. The van der Waals surface area contributed by atoms with Gasteiger partial charge in [-0.3, -0.25) is 4.79 Å². The van der Waals surface area contributed by atoms with Gasteiger partial charge in [0.15, 0.2) is 6.61 Å². The summed E-state index contributed by atoms with van der Waals surface area (Å²) in [7, 11) is 1.48. The van der Waals surface area contributed by atoms with E-state index >= 15 is 0 Å². The minimum absolute atomic E-state index is 0.323. The monoisotopic (exact) mass is 459 g/mol. The van der Waals surface area contributed by atoms with Gasteiger partial charge in [0.25, 0.3) is 5.91 Å². The van der Waals surface area contributed by atoms with Crippen molar-refractivity contribution in [3.63, 3.8) is 0 Å². The molecule has 0 saturated carbocycles. The van der Waals surface area contributed by atoms with E-state index in [1.54, 1.807) is 66.7 Å². The van der Waals surface area contributed by atoms with Gasteiger partial charge in [0.05, 0.1) is 18.4 Å². The topological polar surface area (TPSA) is 73.9 Å². The van der Waals surface area contributed by atoms with Gasteiger partial charge in [-0.15, -0.1) is 0 Å². The minimum Gasteiger partial charge on any atom is -0.495 e. The lowest BCUT2D eigenvalue weighted by atomic mass is 10.1. The number of esters is 1. The number of methoxy groups -OCH3 is 1. The molecule has 0 radical (unpaired) electrons. The number of anilines is 1. The van der Waals surface area contributed by atoms with E-state index in [-0.39, 0.29) is 0 Å². The summed E-state index contributed by atoms with van der Waals surface area (Å²) in [5.74, 6) is 0.0102. The molecular formula is C23H19Cl2NO5. The molecule has 0 bridgehead atoms. The predicted molar refractivity (Wildman–Crippen MR) is 119 cm³/mol. The molecule has 0 unspecified atom stereocenters. The highest BCUT2D eigenvalue weighted by Gasteiger charge is 2.13. The zero-order valence-corrected chi connectivity index (χ0v) is 18.1. The Morgan fingerprint density at radius 2 is 1.58 bits per heavy atom. The smallest absolute Gasteiger partial charge is 0.338 e. The number of benzene rings is 3. The van der Waals surface area contributed by atoms with Crippen LogP contribution in [0.2, 0.25) is 10.0 Å². The molecule has 0 aliphatic carbocycles. The van der Waals surface area contributed by atoms with Crippen LogP contribution in [0.1, 0.15) is 15.9 Å². The Morgan fingerprint density at radius 1 is 0.903 bits per heavy atom. The van der Waals surface area contributed by atoms with Gasteiger partial charge in [-0.25, -0.2) is 4.79 Å². The van der Waals surface area contributed by atoms with E-state index in [9.17, 15) is 9.59 Å². The van der Waals surface area contributed by atoms with Crippen molar-refractivity contribution in [3.05, 3.63) is 87.9 Å². The standard InChI is InChI=1S/C23H19Cl2NO5/c1-29-21-11-8-18(25)12-20(21)26-22(27)14-31-23(28)16-4-2-15(3-5-16)13-30-19-9-6-17(24)7-10-19/h2-12H,13-14H2,1H3,(H,26,27). The maximum Gasteiger partial charge on any atom is 0.338 e. The molecule has 6 nitrogen and oxygen atoms in total. The van der Waals surface area contributed by atoms with E-state index in [1.807, 2.05) is 0 Å². The zero-order valence-electron chi connectivity index (χ0n) is 16.6. The average molecular weight is 460 g/mol. The van der Waals surface area contributed by atoms with E-state index in [4.69, 9.17) is 37.4 Å². The van der Waals surface area contributed by atoms with Crippen molar-refractivity contribution in [1.82, 2.24) is 0 Å². The summed E-state index contributed by atoms with van der Waals surface area (Å²) in [6.07, 6.45) is 0. The molecule has 0 spiro atoms. The van der Waals surface area contributed by atoms with Gasteiger partial charge < -0.3 is 19.5 Å². The molecule has 160 valence electrons. The van der Waals surface area contributed by atoms with E-state index in [2.05, 4.69) is 5.32 Å². The number of hydrogen-bond acceptors (Lipinski definition) is 5. The average Bonchev–Trinajstić information content (AvgIpc) is 2.77. The van der Waals surface area contributed by atoms with Gasteiger partial charge in [-0.05, 0) is 60.2 Å². The quantitative estimate of drug-likeness (QED) is 0.457. The fourth-order valence-corrected chi connectivity index (χ4v) is 2.91. The van der Waals surface area contributed by atoms with Crippen molar-refractivity contribution in [1.29, 1.82) is 0 Å². The van der Waals surface area contributed by atoms with Crippen molar-refractivity contribution in [2.45, 2.75) is 6.61 Å². The van der Waals surface area contributed by atoms with Crippen LogP contribution in [0.25, 0.3) is 0 Å². The third-order valence-corrected chi connectivity index (χ3v) is 4.67. The highest BCUT2D eigenvalue weighted by molar-refractivity contribution is 6.31. The Morgan fingerprint density at radius 3 is 2.26 bits per heavy atom. The summed E-state index contributed by atoms with van der Waals surface area (Å²) >= 11 is 11.8. The van der Waals surface area contributed by atoms with Crippen LogP contribution < -0.4 is 14.8 Å². The van der Waals surface area contributed by atoms with E-state index in [1.165, 1.54) is 7.11 Å². The van der Waals surface area contributed by atoms with Crippen molar-refractivity contribution in [2.24, 2.45) is 0 Å². The number of ether oxygens (including phenoxy) is 3. The van der Waals surface area contributed by atoms with E-state index in [0.717, 1.165) is 5.56 Å². The molecule has 3 aromatic rings. The highest BCUT2D eigenvalue weighted by atomic mass is 35.5. The summed E-state index contributed by atoms with van der Waals surface area (Å²) < 4.78 is 15.9. The number of halogens is 2. The molecule has 31 heavy (non-hydrogen) atoms. The summed E-state index contributed by atoms with van der Waals surface area (Å²) in [6.45, 7) is -0.114. The van der Waals surface area contributed by atoms with E-state index in [0.29, 0.717) is 39.4 Å². The molecule has 0 atom stereocenters. The largest absolute Gasteiger partial charge is 0.495 e. The lowest BCUT2D eigenvalue weighted by Gasteiger charge is -2.11. The predicted octanol–water partition coefficient (Wildman–Crippen LogP) is 5.38. The summed E-state index contributed by atoms with van der Waals surface area (Å²) in [5.41, 5.74) is 1.58. The fourth-order valence-electron chi connectivity index (χ4n) is 2.61. The fraction of sp³-hybridized carbons (Fsp3) is 0.130. The van der Waals surface area contributed by atoms with Crippen molar-refractivity contribution in [3.8, 4) is 11.5 Å². The van der Waals surface area contributed by atoms with Crippen molar-refractivity contribution >= 4 is 40.8 Å². The highest BCUT2D eigenvalue weighted by Crippen LogP contribution is 2.27. The SMILES string of the molecule is COc1ccc(Cl)cc1NC(=O)COC(=O)c1ccc(COc2ccc(Cl)cc2)cc1. The molecule has 0 fully saturated rings. The lowest BCUT2D eigenvalue weighted by molar-refractivity contribution is -0.119. The molecule has 0 saturated heterocycles. The summed E-state index contributed by atoms with van der Waals surface area (Å²) in [4.78, 5) is 24.3. The van der Waals surface area contributed by atoms with Gasteiger partial charge in [-0.1, -0.05) is 35.3 Å². The first-order valence-corrected chi connectivity index (χ1v) is 9.98. The second-order valence-corrected chi connectivity index (χ2v) is 7.28. The number of carbonyl (C=O) groups excluding carboxylic acids is 2. The van der Waals surface area contributed by atoms with Gasteiger partial charge in [0.1, 0.15) is 18.1 Å². The van der Waals surface area contributed by atoms with Crippen LogP contribution in [0.5, 0.6) is 11.5 Å². The van der Waals surface area contributed by atoms with Crippen LogP contribution in [-0.4, -0.2) is 25.6 Å². The first-order chi connectivity index (χ1) is 14.9. The zero-order chi connectivity index (χ0) is 22.2. The molecule has 8 heteroatoms. The number of hydrogen-bond donors (Lipinski definition) is 1. The van der Waals surface area contributed by atoms with E-state index < -0.39 is 18.5 Å². The molecule has 0 aliphatic heterocycles. The number of amides is 1. The van der Waals surface area contributed by atoms with Crippen LogP contribution >= 0.6 is 23.2 Å². The normalized spacial score (nSPS) is 10.3. The second-order valence-electron chi connectivity index (χ2n) is 6.41. The maximum atomic E-state index is 12.2. The first kappa shape index (κ1) is 22.5. The second kappa shape index (κ2) is 10.7. The van der Waals surface area contributed by atoms with Gasteiger partial charge in [0.2, 0.25) is 0 Å².